The maximum atomic E-state index is 11.2. The maximum Gasteiger partial charge on any atom is 0.123 e. The van der Waals surface area contributed by atoms with Crippen molar-refractivity contribution in [2.24, 2.45) is 0 Å². The molecule has 1 N–H and O–H groups in total. The number of benzene rings is 3. The second-order valence-corrected chi connectivity index (χ2v) is 18.3. The van der Waals surface area contributed by atoms with Crippen LogP contribution in [0.3, 0.4) is 0 Å². The van der Waals surface area contributed by atoms with E-state index in [-0.39, 0.29) is 15.7 Å². The van der Waals surface area contributed by atoms with Gasteiger partial charge in [-0.15, -0.1) is 0 Å². The van der Waals surface area contributed by atoms with Gasteiger partial charge in [-0.3, -0.25) is 0 Å². The molecule has 0 radical (unpaired) electrons. The van der Waals surface area contributed by atoms with Crippen molar-refractivity contribution in [3.05, 3.63) is 71.8 Å². The SMILES string of the molecule is COc1ccc([SiH2]C(C)(Oc2cc(C(C)(C)C)c(O)c(C(C)(C)C)c2)[SiH2]c2ccc(OC)cc2)cc1. The lowest BCUT2D eigenvalue weighted by molar-refractivity contribution is 0.254. The zero-order valence-electron chi connectivity index (χ0n) is 23.4. The fourth-order valence-electron chi connectivity index (χ4n) is 4.58. The number of hydrogen-bond donors (Lipinski definition) is 1. The van der Waals surface area contributed by atoms with Crippen LogP contribution in [0.2, 0.25) is 0 Å². The number of hydrogen-bond acceptors (Lipinski definition) is 4. The monoisotopic (exact) mass is 522 g/mol. The van der Waals surface area contributed by atoms with Crippen LogP contribution in [0.1, 0.15) is 59.6 Å². The molecule has 3 aromatic carbocycles. The third-order valence-corrected chi connectivity index (χ3v) is 11.6. The highest BCUT2D eigenvalue weighted by molar-refractivity contribution is 6.75. The van der Waals surface area contributed by atoms with Crippen molar-refractivity contribution in [3.8, 4) is 23.0 Å². The summed E-state index contributed by atoms with van der Waals surface area (Å²) in [7, 11) is 1.73. The molecule has 0 atom stereocenters. The van der Waals surface area contributed by atoms with Crippen molar-refractivity contribution < 1.29 is 19.3 Å². The fraction of sp³-hybridized carbons (Fsp3) is 0.400. The van der Waals surface area contributed by atoms with Gasteiger partial charge in [0.15, 0.2) is 0 Å². The average molecular weight is 523 g/mol. The van der Waals surface area contributed by atoms with Gasteiger partial charge >= 0.3 is 0 Å². The van der Waals surface area contributed by atoms with Crippen LogP contribution in [-0.2, 0) is 10.8 Å². The minimum atomic E-state index is -0.832. The summed E-state index contributed by atoms with van der Waals surface area (Å²) in [4.78, 5) is -0.259. The lowest BCUT2D eigenvalue weighted by Gasteiger charge is -2.34. The molecule has 4 nitrogen and oxygen atoms in total. The van der Waals surface area contributed by atoms with Crippen LogP contribution in [0.4, 0.5) is 0 Å². The second kappa shape index (κ2) is 10.7. The predicted molar refractivity (Wildman–Crippen MR) is 157 cm³/mol. The van der Waals surface area contributed by atoms with Crippen LogP contribution in [0, 0.1) is 0 Å². The van der Waals surface area contributed by atoms with Gasteiger partial charge in [0.05, 0.1) is 19.1 Å². The Kier molecular flexibility index (Phi) is 8.31. The molecule has 0 amide bonds. The van der Waals surface area contributed by atoms with Crippen LogP contribution in [0.15, 0.2) is 60.7 Å². The Balaban J connectivity index is 2.06. The van der Waals surface area contributed by atoms with E-state index in [2.05, 4.69) is 72.7 Å². The summed E-state index contributed by atoms with van der Waals surface area (Å²) in [5, 5.41) is 13.9. The Hall–Kier alpha value is -2.71. The zero-order valence-corrected chi connectivity index (χ0v) is 26.2. The molecule has 0 heterocycles. The largest absolute Gasteiger partial charge is 0.507 e. The highest BCUT2D eigenvalue weighted by Crippen LogP contribution is 2.42. The van der Waals surface area contributed by atoms with Gasteiger partial charge in [0.1, 0.15) is 42.0 Å². The summed E-state index contributed by atoms with van der Waals surface area (Å²) in [6, 6.07) is 20.9. The first-order valence-electron chi connectivity index (χ1n) is 12.6. The van der Waals surface area contributed by atoms with Gasteiger partial charge in [0.25, 0.3) is 0 Å². The minimum absolute atomic E-state index is 0.208. The third kappa shape index (κ3) is 6.95. The van der Waals surface area contributed by atoms with Crippen molar-refractivity contribution in [1.29, 1.82) is 0 Å². The van der Waals surface area contributed by atoms with Gasteiger partial charge in [-0.2, -0.15) is 0 Å². The second-order valence-electron chi connectivity index (χ2n) is 12.0. The highest BCUT2D eigenvalue weighted by atomic mass is 28.3. The van der Waals surface area contributed by atoms with Crippen molar-refractivity contribution in [2.75, 3.05) is 14.2 Å². The van der Waals surface area contributed by atoms with Crippen molar-refractivity contribution in [2.45, 2.75) is 64.1 Å². The minimum Gasteiger partial charge on any atom is -0.507 e. The number of aromatic hydroxyl groups is 1. The number of rotatable bonds is 8. The Morgan fingerprint density at radius 1 is 0.583 bits per heavy atom. The quantitative estimate of drug-likeness (QED) is 0.454. The normalized spacial score (nSPS) is 14.4. The molecule has 3 rings (SSSR count). The molecule has 0 saturated heterocycles. The lowest BCUT2D eigenvalue weighted by Crippen LogP contribution is -2.53. The molecule has 6 heteroatoms. The summed E-state index contributed by atoms with van der Waals surface area (Å²) in [5.41, 5.74) is 1.43. The molecule has 0 spiro atoms. The summed E-state index contributed by atoms with van der Waals surface area (Å²) >= 11 is 0. The van der Waals surface area contributed by atoms with E-state index in [4.69, 9.17) is 14.2 Å². The summed E-state index contributed by atoms with van der Waals surface area (Å²) < 4.78 is 17.7. The van der Waals surface area contributed by atoms with E-state index in [1.807, 2.05) is 36.4 Å². The van der Waals surface area contributed by atoms with Gasteiger partial charge in [-0.25, -0.2) is 0 Å². The number of phenolic OH excluding ortho intramolecular Hbond substituents is 1. The highest BCUT2D eigenvalue weighted by Gasteiger charge is 2.32. The zero-order chi connectivity index (χ0) is 26.7. The van der Waals surface area contributed by atoms with E-state index in [1.165, 1.54) is 10.4 Å². The fourth-order valence-corrected chi connectivity index (χ4v) is 9.96. The molecule has 0 unspecified atom stereocenters. The van der Waals surface area contributed by atoms with E-state index >= 15 is 0 Å². The average Bonchev–Trinajstić information content (AvgIpc) is 2.79. The molecule has 3 aromatic rings. The molecule has 0 aliphatic carbocycles. The van der Waals surface area contributed by atoms with Crippen LogP contribution >= 0.6 is 0 Å². The van der Waals surface area contributed by atoms with Gasteiger partial charge in [0.2, 0.25) is 0 Å². The van der Waals surface area contributed by atoms with E-state index in [0.29, 0.717) is 5.75 Å². The molecule has 0 aromatic heterocycles. The molecular formula is C30H42O4Si2. The van der Waals surface area contributed by atoms with Crippen LogP contribution in [-0.4, -0.2) is 43.2 Å². The Bertz CT molecular complexity index is 1070. The lowest BCUT2D eigenvalue weighted by atomic mass is 9.79. The molecular weight excluding hydrogens is 480 g/mol. The van der Waals surface area contributed by atoms with Gasteiger partial charge < -0.3 is 19.3 Å². The summed E-state index contributed by atoms with van der Waals surface area (Å²) in [5.74, 6) is 2.95. The third-order valence-electron chi connectivity index (χ3n) is 6.54. The molecule has 0 aliphatic rings. The van der Waals surface area contributed by atoms with Crippen LogP contribution in [0.5, 0.6) is 23.0 Å². The smallest absolute Gasteiger partial charge is 0.123 e. The number of methoxy groups -OCH3 is 2. The standard InChI is InChI=1S/C30H42O4Si2/c1-28(2,3)25-18-22(19-26(27(25)31)29(4,5)6)34-30(7,35-23-14-10-20(32-8)11-15-23)36-24-16-12-21(33-9)13-17-24/h10-19,31H,35-36H2,1-9H3. The Labute approximate surface area is 221 Å². The van der Waals surface area contributed by atoms with Crippen molar-refractivity contribution in [3.63, 3.8) is 0 Å². The van der Waals surface area contributed by atoms with Crippen LogP contribution in [0.25, 0.3) is 0 Å². The number of ether oxygens (including phenoxy) is 3. The first-order chi connectivity index (χ1) is 16.7. The first kappa shape index (κ1) is 27.9. The van der Waals surface area contributed by atoms with Gasteiger partial charge in [-0.1, -0.05) is 76.2 Å². The van der Waals surface area contributed by atoms with Crippen LogP contribution < -0.4 is 24.6 Å². The number of phenols is 1. The van der Waals surface area contributed by atoms with E-state index in [0.717, 1.165) is 28.4 Å². The van der Waals surface area contributed by atoms with E-state index in [1.54, 1.807) is 14.2 Å². The molecule has 0 fully saturated rings. The van der Waals surface area contributed by atoms with E-state index < -0.39 is 19.0 Å². The first-order valence-corrected chi connectivity index (χ1v) is 15.4. The van der Waals surface area contributed by atoms with E-state index in [9.17, 15) is 5.11 Å². The summed E-state index contributed by atoms with van der Waals surface area (Å²) in [6.45, 7) is 15.1. The summed E-state index contributed by atoms with van der Waals surface area (Å²) in [6.07, 6.45) is 0. The van der Waals surface area contributed by atoms with Gasteiger partial charge in [-0.05, 0) is 54.2 Å². The molecule has 0 bridgehead atoms. The Morgan fingerprint density at radius 2 is 0.944 bits per heavy atom. The molecule has 36 heavy (non-hydrogen) atoms. The van der Waals surface area contributed by atoms with Crippen molar-refractivity contribution >= 4 is 29.4 Å². The predicted octanol–water partition coefficient (Wildman–Crippen LogP) is 4.05. The topological polar surface area (TPSA) is 47.9 Å². The van der Waals surface area contributed by atoms with Gasteiger partial charge in [0, 0.05) is 11.1 Å². The maximum absolute atomic E-state index is 11.2. The molecule has 0 aliphatic heterocycles. The molecule has 194 valence electrons. The molecule has 0 saturated carbocycles. The Morgan fingerprint density at radius 3 is 1.25 bits per heavy atom. The van der Waals surface area contributed by atoms with Crippen molar-refractivity contribution in [1.82, 2.24) is 0 Å².